The van der Waals surface area contributed by atoms with E-state index in [1.807, 2.05) is 67.0 Å². The third-order valence-corrected chi connectivity index (χ3v) is 7.22. The Bertz CT molecular complexity index is 2100. The molecular weight excluding hydrogens is 473 g/mol. The van der Waals surface area contributed by atoms with Gasteiger partial charge in [-0.3, -0.25) is 19.9 Å². The lowest BCUT2D eigenvalue weighted by Crippen LogP contribution is -2.11. The molecule has 0 spiro atoms. The fourth-order valence-corrected chi connectivity index (χ4v) is 5.50. The highest BCUT2D eigenvalue weighted by molar-refractivity contribution is 6.25. The van der Waals surface area contributed by atoms with E-state index in [9.17, 15) is 4.39 Å². The second kappa shape index (κ2) is 7.88. The second-order valence-corrected chi connectivity index (χ2v) is 9.36. The number of pyridine rings is 4. The quantitative estimate of drug-likeness (QED) is 0.234. The van der Waals surface area contributed by atoms with Gasteiger partial charge in [-0.05, 0) is 64.7 Å². The molecule has 4 aromatic carbocycles. The van der Waals surface area contributed by atoms with Gasteiger partial charge in [0.05, 0.1) is 51.5 Å². The minimum atomic E-state index is -0.219. The summed E-state index contributed by atoms with van der Waals surface area (Å²) in [6, 6.07) is 27.3. The zero-order chi connectivity index (χ0) is 25.2. The molecule has 0 radical (unpaired) electrons. The molecule has 0 unspecified atom stereocenters. The van der Waals surface area contributed by atoms with Crippen LogP contribution in [0.25, 0.3) is 54.4 Å². The Morgan fingerprint density at radius 2 is 1.08 bits per heavy atom. The number of benzene rings is 4. The van der Waals surface area contributed by atoms with Crippen molar-refractivity contribution in [3.8, 4) is 0 Å². The highest BCUT2D eigenvalue weighted by Gasteiger charge is 2.20. The summed E-state index contributed by atoms with van der Waals surface area (Å²) in [5, 5.41) is 5.66. The van der Waals surface area contributed by atoms with E-state index in [4.69, 9.17) is 9.97 Å². The van der Waals surface area contributed by atoms with Crippen LogP contribution in [0, 0.1) is 5.82 Å². The van der Waals surface area contributed by atoms with E-state index < -0.39 is 0 Å². The minimum Gasteiger partial charge on any atom is -0.307 e. The molecule has 6 heteroatoms. The van der Waals surface area contributed by atoms with E-state index in [1.54, 1.807) is 12.4 Å². The highest BCUT2D eigenvalue weighted by atomic mass is 19.1. The monoisotopic (exact) mass is 491 g/mol. The maximum absolute atomic E-state index is 14.9. The van der Waals surface area contributed by atoms with E-state index >= 15 is 0 Å². The Balaban J connectivity index is 1.47. The molecule has 4 aromatic heterocycles. The fraction of sp³-hybridized carbons (Fsp3) is 0. The van der Waals surface area contributed by atoms with Crippen LogP contribution in [-0.2, 0) is 0 Å². The average Bonchev–Trinajstić information content (AvgIpc) is 2.97. The van der Waals surface area contributed by atoms with Crippen LogP contribution in [-0.4, -0.2) is 19.9 Å². The summed E-state index contributed by atoms with van der Waals surface area (Å²) in [4.78, 5) is 20.6. The van der Waals surface area contributed by atoms with Crippen LogP contribution in [0.5, 0.6) is 0 Å². The third kappa shape index (κ3) is 3.04. The Labute approximate surface area is 216 Å². The number of rotatable bonds is 3. The van der Waals surface area contributed by atoms with E-state index in [1.165, 1.54) is 6.07 Å². The van der Waals surface area contributed by atoms with Gasteiger partial charge in [0.1, 0.15) is 5.82 Å². The summed E-state index contributed by atoms with van der Waals surface area (Å²) < 4.78 is 14.9. The molecule has 0 amide bonds. The molecule has 0 saturated carbocycles. The molecule has 0 aliphatic carbocycles. The summed E-state index contributed by atoms with van der Waals surface area (Å²) in [5.74, 6) is -0.219. The standard InChI is InChI=1S/C32H18FN5/c33-25-11-7-19-6-10-24-30(12-8-20-5-9-23(25)31(19)32(20)24)38(21-15-28-26(36-17-21)3-1-13-34-28)22-16-29-27(37-18-22)4-2-14-35-29/h1-18H. The van der Waals surface area contributed by atoms with Crippen molar-refractivity contribution in [3.63, 3.8) is 0 Å². The van der Waals surface area contributed by atoms with Crippen LogP contribution >= 0.6 is 0 Å². The molecule has 0 aliphatic heterocycles. The molecule has 4 heterocycles. The second-order valence-electron chi connectivity index (χ2n) is 9.36. The lowest BCUT2D eigenvalue weighted by atomic mass is 9.93. The molecular formula is C32H18FN5. The van der Waals surface area contributed by atoms with E-state index in [0.29, 0.717) is 5.39 Å². The van der Waals surface area contributed by atoms with E-state index in [-0.39, 0.29) is 5.82 Å². The van der Waals surface area contributed by atoms with Crippen LogP contribution in [0.4, 0.5) is 21.5 Å². The number of aromatic nitrogens is 4. The van der Waals surface area contributed by atoms with Crippen LogP contribution < -0.4 is 4.90 Å². The van der Waals surface area contributed by atoms with Crippen LogP contribution in [0.1, 0.15) is 0 Å². The number of hydrogen-bond donors (Lipinski definition) is 0. The molecule has 8 aromatic rings. The third-order valence-electron chi connectivity index (χ3n) is 7.22. The van der Waals surface area contributed by atoms with Gasteiger partial charge in [-0.25, -0.2) is 4.39 Å². The van der Waals surface area contributed by atoms with Gasteiger partial charge in [-0.1, -0.05) is 36.4 Å². The van der Waals surface area contributed by atoms with Gasteiger partial charge in [0.2, 0.25) is 0 Å². The number of anilines is 3. The number of halogens is 1. The molecule has 0 bridgehead atoms. The average molecular weight is 492 g/mol. The van der Waals surface area contributed by atoms with Gasteiger partial charge in [-0.15, -0.1) is 0 Å². The first-order chi connectivity index (χ1) is 18.7. The largest absolute Gasteiger partial charge is 0.307 e. The number of hydrogen-bond acceptors (Lipinski definition) is 5. The van der Waals surface area contributed by atoms with Crippen molar-refractivity contribution in [1.29, 1.82) is 0 Å². The molecule has 38 heavy (non-hydrogen) atoms. The molecule has 178 valence electrons. The van der Waals surface area contributed by atoms with Crippen molar-refractivity contribution in [3.05, 3.63) is 116 Å². The van der Waals surface area contributed by atoms with Crippen molar-refractivity contribution in [2.24, 2.45) is 0 Å². The Morgan fingerprint density at radius 1 is 0.526 bits per heavy atom. The Morgan fingerprint density at radius 3 is 1.74 bits per heavy atom. The normalized spacial score (nSPS) is 11.8. The van der Waals surface area contributed by atoms with Crippen LogP contribution in [0.3, 0.4) is 0 Å². The molecule has 5 nitrogen and oxygen atoms in total. The van der Waals surface area contributed by atoms with Crippen molar-refractivity contribution >= 4 is 71.4 Å². The number of nitrogens with zero attached hydrogens (tertiary/aromatic N) is 5. The molecule has 0 fully saturated rings. The van der Waals surface area contributed by atoms with Gasteiger partial charge in [-0.2, -0.15) is 0 Å². The predicted octanol–water partition coefficient (Wildman–Crippen LogP) is 8.08. The number of fused-ring (bicyclic) bond motifs is 2. The molecule has 0 N–H and O–H groups in total. The first-order valence-electron chi connectivity index (χ1n) is 12.3. The molecule has 0 saturated heterocycles. The van der Waals surface area contributed by atoms with Crippen molar-refractivity contribution in [1.82, 2.24) is 19.9 Å². The van der Waals surface area contributed by atoms with Crippen molar-refractivity contribution in [2.45, 2.75) is 0 Å². The van der Waals surface area contributed by atoms with Crippen molar-refractivity contribution < 1.29 is 4.39 Å². The van der Waals surface area contributed by atoms with Gasteiger partial charge < -0.3 is 4.90 Å². The molecule has 8 rings (SSSR count). The first-order valence-corrected chi connectivity index (χ1v) is 12.3. The van der Waals surface area contributed by atoms with E-state index in [2.05, 4.69) is 39.1 Å². The maximum atomic E-state index is 14.9. The summed E-state index contributed by atoms with van der Waals surface area (Å²) in [7, 11) is 0. The summed E-state index contributed by atoms with van der Waals surface area (Å²) >= 11 is 0. The zero-order valence-corrected chi connectivity index (χ0v) is 20.0. The van der Waals surface area contributed by atoms with Crippen molar-refractivity contribution in [2.75, 3.05) is 4.90 Å². The van der Waals surface area contributed by atoms with Gasteiger partial charge >= 0.3 is 0 Å². The van der Waals surface area contributed by atoms with Gasteiger partial charge in [0.15, 0.2) is 0 Å². The fourth-order valence-electron chi connectivity index (χ4n) is 5.50. The van der Waals surface area contributed by atoms with Crippen LogP contribution in [0.2, 0.25) is 0 Å². The van der Waals surface area contributed by atoms with Gasteiger partial charge in [0, 0.05) is 28.6 Å². The minimum absolute atomic E-state index is 0.219. The lowest BCUT2D eigenvalue weighted by molar-refractivity contribution is 0.640. The Kier molecular flexibility index (Phi) is 4.34. The van der Waals surface area contributed by atoms with E-state index in [0.717, 1.165) is 66.1 Å². The smallest absolute Gasteiger partial charge is 0.131 e. The Hall–Kier alpha value is -5.23. The molecule has 0 atom stereocenters. The zero-order valence-electron chi connectivity index (χ0n) is 20.0. The highest BCUT2D eigenvalue weighted by Crippen LogP contribution is 2.44. The maximum Gasteiger partial charge on any atom is 0.131 e. The summed E-state index contributed by atoms with van der Waals surface area (Å²) in [5.41, 5.74) is 5.85. The predicted molar refractivity (Wildman–Crippen MR) is 151 cm³/mol. The molecule has 0 aliphatic rings. The van der Waals surface area contributed by atoms with Gasteiger partial charge in [0.25, 0.3) is 0 Å². The first kappa shape index (κ1) is 20.9. The SMILES string of the molecule is Fc1ccc2ccc3c(N(c4cnc5cccnc5c4)c4cnc5cccnc5c4)ccc4ccc1c2c43. The summed E-state index contributed by atoms with van der Waals surface area (Å²) in [6.07, 6.45) is 7.24. The lowest BCUT2D eigenvalue weighted by Gasteiger charge is -2.27. The topological polar surface area (TPSA) is 54.8 Å². The summed E-state index contributed by atoms with van der Waals surface area (Å²) in [6.45, 7) is 0. The van der Waals surface area contributed by atoms with Crippen LogP contribution in [0.15, 0.2) is 110 Å².